The molecular weight excluding hydrogens is 550 g/mol. The molecule has 1 aliphatic heterocycles. The summed E-state index contributed by atoms with van der Waals surface area (Å²) in [6.45, 7) is 6.05. The molecule has 31 heavy (non-hydrogen) atoms. The number of halogens is 5. The molecule has 0 saturated carbocycles. The quantitative estimate of drug-likeness (QED) is 0.311. The van der Waals surface area contributed by atoms with E-state index < -0.39 is 11.7 Å². The van der Waals surface area contributed by atoms with Crippen molar-refractivity contribution in [1.82, 2.24) is 25.8 Å². The predicted molar refractivity (Wildman–Crippen MR) is 122 cm³/mol. The summed E-state index contributed by atoms with van der Waals surface area (Å²) >= 11 is 6.07. The van der Waals surface area contributed by atoms with Crippen molar-refractivity contribution in [1.29, 1.82) is 0 Å². The van der Waals surface area contributed by atoms with E-state index in [2.05, 4.69) is 30.8 Å². The SMILES string of the molecule is CCNC(=NCCc1nc(C)no1)NC1CCN(c2ncc(C(F)(F)F)cc2Cl)C1.I. The summed E-state index contributed by atoms with van der Waals surface area (Å²) in [6, 6.07) is 0.962. The van der Waals surface area contributed by atoms with Crippen molar-refractivity contribution >= 4 is 47.4 Å². The average Bonchev–Trinajstić information content (AvgIpc) is 3.30. The molecule has 1 aliphatic rings. The molecule has 2 N–H and O–H groups in total. The van der Waals surface area contributed by atoms with Gasteiger partial charge in [0.1, 0.15) is 5.82 Å². The number of hydrogen-bond acceptors (Lipinski definition) is 6. The minimum Gasteiger partial charge on any atom is -0.357 e. The van der Waals surface area contributed by atoms with Crippen LogP contribution in [0.25, 0.3) is 0 Å². The highest BCUT2D eigenvalue weighted by atomic mass is 127. The van der Waals surface area contributed by atoms with E-state index in [9.17, 15) is 13.2 Å². The molecule has 3 rings (SSSR count). The number of alkyl halides is 3. The van der Waals surface area contributed by atoms with E-state index in [1.54, 1.807) is 6.92 Å². The van der Waals surface area contributed by atoms with Crippen LogP contribution >= 0.6 is 35.6 Å². The third kappa shape index (κ3) is 7.09. The maximum absolute atomic E-state index is 12.8. The van der Waals surface area contributed by atoms with Crippen molar-refractivity contribution in [2.75, 3.05) is 31.1 Å². The van der Waals surface area contributed by atoms with Crippen molar-refractivity contribution in [3.05, 3.63) is 34.6 Å². The van der Waals surface area contributed by atoms with Gasteiger partial charge in [0, 0.05) is 38.3 Å². The van der Waals surface area contributed by atoms with Gasteiger partial charge in [-0.3, -0.25) is 4.99 Å². The number of guanidine groups is 1. The number of aryl methyl sites for hydroxylation is 1. The van der Waals surface area contributed by atoms with E-state index in [-0.39, 0.29) is 35.0 Å². The third-order valence-corrected chi connectivity index (χ3v) is 4.77. The molecule has 13 heteroatoms. The van der Waals surface area contributed by atoms with Gasteiger partial charge in [-0.2, -0.15) is 18.2 Å². The van der Waals surface area contributed by atoms with Gasteiger partial charge in [0.05, 0.1) is 17.1 Å². The third-order valence-electron chi connectivity index (χ3n) is 4.49. The minimum atomic E-state index is -4.47. The van der Waals surface area contributed by atoms with Crippen molar-refractivity contribution in [2.24, 2.45) is 4.99 Å². The zero-order valence-corrected chi connectivity index (χ0v) is 20.1. The molecule has 1 fully saturated rings. The van der Waals surface area contributed by atoms with Crippen LogP contribution < -0.4 is 15.5 Å². The number of aromatic nitrogens is 3. The second-order valence-electron chi connectivity index (χ2n) is 6.85. The lowest BCUT2D eigenvalue weighted by Crippen LogP contribution is -2.44. The first kappa shape index (κ1) is 25.4. The molecule has 0 spiro atoms. The van der Waals surface area contributed by atoms with Gasteiger partial charge in [-0.15, -0.1) is 24.0 Å². The van der Waals surface area contributed by atoms with Gasteiger partial charge in [0.25, 0.3) is 0 Å². The molecule has 1 atom stereocenters. The maximum Gasteiger partial charge on any atom is 0.417 e. The Hall–Kier alpha value is -1.83. The standard InChI is InChI=1S/C18H23ClF3N7O.HI/c1-3-23-17(24-6-4-15-26-11(2)28-30-15)27-13-5-7-29(10-13)16-14(19)8-12(9-25-16)18(20,21)22;/h8-9,13H,3-7,10H2,1-2H3,(H2,23,24,27);1H. The van der Waals surface area contributed by atoms with E-state index >= 15 is 0 Å². The smallest absolute Gasteiger partial charge is 0.357 e. The molecule has 3 heterocycles. The summed E-state index contributed by atoms with van der Waals surface area (Å²) in [5, 5.41) is 10.3. The van der Waals surface area contributed by atoms with E-state index in [4.69, 9.17) is 16.1 Å². The Balaban J connectivity index is 0.00000341. The number of pyridine rings is 1. The van der Waals surface area contributed by atoms with Crippen LogP contribution in [0.15, 0.2) is 21.8 Å². The van der Waals surface area contributed by atoms with Crippen LogP contribution in [0.4, 0.5) is 19.0 Å². The maximum atomic E-state index is 12.8. The monoisotopic (exact) mass is 573 g/mol. The predicted octanol–water partition coefficient (Wildman–Crippen LogP) is 3.44. The largest absolute Gasteiger partial charge is 0.417 e. The highest BCUT2D eigenvalue weighted by Crippen LogP contribution is 2.34. The molecule has 1 unspecified atom stereocenters. The van der Waals surface area contributed by atoms with Crippen LogP contribution in [0, 0.1) is 6.92 Å². The van der Waals surface area contributed by atoms with Crippen molar-refractivity contribution in [3.8, 4) is 0 Å². The fourth-order valence-electron chi connectivity index (χ4n) is 3.11. The van der Waals surface area contributed by atoms with E-state index in [1.807, 2.05) is 11.8 Å². The fraction of sp³-hybridized carbons (Fsp3) is 0.556. The number of hydrogen-bond donors (Lipinski definition) is 2. The normalized spacial score (nSPS) is 16.9. The summed E-state index contributed by atoms with van der Waals surface area (Å²) < 4.78 is 43.5. The van der Waals surface area contributed by atoms with Gasteiger partial charge in [0.2, 0.25) is 5.89 Å². The van der Waals surface area contributed by atoms with Crippen LogP contribution in [-0.4, -0.2) is 53.3 Å². The van der Waals surface area contributed by atoms with E-state index in [0.717, 1.165) is 18.7 Å². The summed E-state index contributed by atoms with van der Waals surface area (Å²) in [5.74, 6) is 2.11. The average molecular weight is 574 g/mol. The van der Waals surface area contributed by atoms with Gasteiger partial charge in [-0.1, -0.05) is 16.8 Å². The fourth-order valence-corrected chi connectivity index (χ4v) is 3.39. The van der Waals surface area contributed by atoms with Crippen LogP contribution in [0.3, 0.4) is 0 Å². The molecule has 172 valence electrons. The summed E-state index contributed by atoms with van der Waals surface area (Å²) in [6.07, 6.45) is -2.36. The molecule has 1 saturated heterocycles. The highest BCUT2D eigenvalue weighted by Gasteiger charge is 2.33. The Morgan fingerprint density at radius 1 is 1.42 bits per heavy atom. The number of nitrogens with one attached hydrogen (secondary N) is 2. The van der Waals surface area contributed by atoms with Crippen LogP contribution in [-0.2, 0) is 12.6 Å². The second-order valence-corrected chi connectivity index (χ2v) is 7.26. The van der Waals surface area contributed by atoms with Gasteiger partial charge in [-0.25, -0.2) is 4.98 Å². The molecule has 2 aromatic rings. The molecule has 2 aromatic heterocycles. The van der Waals surface area contributed by atoms with Crippen molar-refractivity contribution in [3.63, 3.8) is 0 Å². The van der Waals surface area contributed by atoms with Crippen molar-refractivity contribution < 1.29 is 17.7 Å². The summed E-state index contributed by atoms with van der Waals surface area (Å²) in [7, 11) is 0. The lowest BCUT2D eigenvalue weighted by Gasteiger charge is -2.21. The first-order valence-electron chi connectivity index (χ1n) is 9.58. The Kier molecular flexibility index (Phi) is 9.15. The Morgan fingerprint density at radius 3 is 2.81 bits per heavy atom. The van der Waals surface area contributed by atoms with E-state index in [1.165, 1.54) is 0 Å². The Morgan fingerprint density at radius 2 is 2.19 bits per heavy atom. The summed E-state index contributed by atoms with van der Waals surface area (Å²) in [5.41, 5.74) is -0.858. The first-order valence-corrected chi connectivity index (χ1v) is 9.95. The molecule has 0 aliphatic carbocycles. The number of rotatable bonds is 6. The Labute approximate surface area is 200 Å². The lowest BCUT2D eigenvalue weighted by molar-refractivity contribution is -0.137. The molecule has 0 amide bonds. The molecule has 8 nitrogen and oxygen atoms in total. The van der Waals surface area contributed by atoms with Gasteiger partial charge < -0.3 is 20.1 Å². The second kappa shape index (κ2) is 11.2. The lowest BCUT2D eigenvalue weighted by atomic mass is 10.2. The van der Waals surface area contributed by atoms with Crippen LogP contribution in [0.2, 0.25) is 5.02 Å². The molecule has 0 aromatic carbocycles. The number of anilines is 1. The number of nitrogens with zero attached hydrogens (tertiary/aromatic N) is 5. The zero-order valence-electron chi connectivity index (χ0n) is 17.0. The van der Waals surface area contributed by atoms with Crippen LogP contribution in [0.1, 0.15) is 30.6 Å². The molecular formula is C18H24ClF3IN7O. The first-order chi connectivity index (χ1) is 14.3. The zero-order chi connectivity index (χ0) is 21.7. The van der Waals surface area contributed by atoms with Crippen molar-refractivity contribution in [2.45, 2.75) is 38.9 Å². The summed E-state index contributed by atoms with van der Waals surface area (Å²) in [4.78, 5) is 14.5. The molecule has 0 radical (unpaired) electrons. The highest BCUT2D eigenvalue weighted by molar-refractivity contribution is 14.0. The van der Waals surface area contributed by atoms with E-state index in [0.29, 0.717) is 56.1 Å². The Bertz CT molecular complexity index is 893. The minimum absolute atomic E-state index is 0. The van der Waals surface area contributed by atoms with Gasteiger partial charge >= 0.3 is 6.18 Å². The number of aliphatic imine (C=N–C) groups is 1. The van der Waals surface area contributed by atoms with Gasteiger partial charge in [0.15, 0.2) is 11.8 Å². The van der Waals surface area contributed by atoms with Gasteiger partial charge in [-0.05, 0) is 26.3 Å². The topological polar surface area (TPSA) is 91.5 Å². The molecule has 0 bridgehead atoms. The van der Waals surface area contributed by atoms with Crippen LogP contribution in [0.5, 0.6) is 0 Å².